The summed E-state index contributed by atoms with van der Waals surface area (Å²) in [5, 5.41) is 11.5. The van der Waals surface area contributed by atoms with E-state index in [2.05, 4.69) is 15.0 Å². The highest BCUT2D eigenvalue weighted by molar-refractivity contribution is 7.08. The Balaban J connectivity index is 1.97. The van der Waals surface area contributed by atoms with Crippen LogP contribution in [0.2, 0.25) is 5.02 Å². The van der Waals surface area contributed by atoms with Crippen molar-refractivity contribution in [3.8, 4) is 0 Å². The molecule has 0 aromatic carbocycles. The zero-order valence-corrected chi connectivity index (χ0v) is 8.23. The maximum Gasteiger partial charge on any atom is 0.169 e. The van der Waals surface area contributed by atoms with Crippen molar-refractivity contribution in [2.75, 3.05) is 5.32 Å². The summed E-state index contributed by atoms with van der Waals surface area (Å²) in [7, 11) is 0. The first-order valence-electron chi connectivity index (χ1n) is 3.71. The molecule has 0 fully saturated rings. The summed E-state index contributed by atoms with van der Waals surface area (Å²) in [6.07, 6.45) is 1.53. The Kier molecular flexibility index (Phi) is 2.52. The molecule has 0 atom stereocenters. The van der Waals surface area contributed by atoms with Gasteiger partial charge in [-0.1, -0.05) is 16.8 Å². The molecule has 0 radical (unpaired) electrons. The van der Waals surface area contributed by atoms with Gasteiger partial charge >= 0.3 is 0 Å². The van der Waals surface area contributed by atoms with E-state index in [1.54, 1.807) is 17.4 Å². The molecule has 1 N–H and O–H groups in total. The molecule has 0 aliphatic rings. The van der Waals surface area contributed by atoms with Crippen molar-refractivity contribution in [2.24, 2.45) is 0 Å². The van der Waals surface area contributed by atoms with E-state index >= 15 is 0 Å². The highest BCUT2D eigenvalue weighted by atomic mass is 35.5. The van der Waals surface area contributed by atoms with Gasteiger partial charge in [0.2, 0.25) is 0 Å². The van der Waals surface area contributed by atoms with Crippen LogP contribution in [0.25, 0.3) is 0 Å². The molecule has 2 heterocycles. The second-order valence-corrected chi connectivity index (χ2v) is 3.63. The van der Waals surface area contributed by atoms with Gasteiger partial charge in [-0.2, -0.15) is 11.3 Å². The fourth-order valence-corrected chi connectivity index (χ4v) is 1.98. The maximum absolute atomic E-state index is 5.91. The SMILES string of the molecule is Clc1cscc1CNc1ccon1. The van der Waals surface area contributed by atoms with Gasteiger partial charge < -0.3 is 9.84 Å². The Morgan fingerprint density at radius 2 is 2.46 bits per heavy atom. The van der Waals surface area contributed by atoms with Crippen LogP contribution in [0, 0.1) is 0 Å². The zero-order valence-electron chi connectivity index (χ0n) is 6.66. The van der Waals surface area contributed by atoms with Crippen LogP contribution in [0.3, 0.4) is 0 Å². The molecule has 2 aromatic heterocycles. The number of hydrogen-bond acceptors (Lipinski definition) is 4. The van der Waals surface area contributed by atoms with Crippen LogP contribution >= 0.6 is 22.9 Å². The molecule has 0 saturated carbocycles. The minimum atomic E-state index is 0.675. The second kappa shape index (κ2) is 3.81. The van der Waals surface area contributed by atoms with Crippen molar-refractivity contribution in [3.05, 3.63) is 33.7 Å². The topological polar surface area (TPSA) is 38.1 Å². The predicted molar refractivity (Wildman–Crippen MR) is 53.2 cm³/mol. The van der Waals surface area contributed by atoms with E-state index < -0.39 is 0 Å². The van der Waals surface area contributed by atoms with Crippen LogP contribution in [0.15, 0.2) is 27.6 Å². The minimum Gasteiger partial charge on any atom is -0.363 e. The number of aromatic nitrogens is 1. The number of hydrogen-bond donors (Lipinski definition) is 1. The first-order valence-corrected chi connectivity index (χ1v) is 5.03. The third-order valence-corrected chi connectivity index (χ3v) is 2.86. The summed E-state index contributed by atoms with van der Waals surface area (Å²) in [6, 6.07) is 1.76. The van der Waals surface area contributed by atoms with Crippen molar-refractivity contribution in [1.29, 1.82) is 0 Å². The smallest absolute Gasteiger partial charge is 0.169 e. The third-order valence-electron chi connectivity index (χ3n) is 1.59. The van der Waals surface area contributed by atoms with Crippen LogP contribution < -0.4 is 5.32 Å². The third kappa shape index (κ3) is 2.02. The fraction of sp³-hybridized carbons (Fsp3) is 0.125. The minimum absolute atomic E-state index is 0.675. The van der Waals surface area contributed by atoms with Crippen molar-refractivity contribution in [1.82, 2.24) is 5.16 Å². The number of halogens is 1. The molecule has 2 aromatic rings. The number of nitrogens with one attached hydrogen (secondary N) is 1. The van der Waals surface area contributed by atoms with E-state index in [0.717, 1.165) is 16.4 Å². The molecular weight excluding hydrogens is 208 g/mol. The number of nitrogens with zero attached hydrogens (tertiary/aromatic N) is 1. The van der Waals surface area contributed by atoms with Gasteiger partial charge in [-0.25, -0.2) is 0 Å². The molecule has 0 spiro atoms. The Bertz CT molecular complexity index is 371. The monoisotopic (exact) mass is 214 g/mol. The molecule has 0 amide bonds. The molecule has 0 aliphatic carbocycles. The molecule has 0 unspecified atom stereocenters. The molecule has 13 heavy (non-hydrogen) atoms. The van der Waals surface area contributed by atoms with Gasteiger partial charge in [0.05, 0.1) is 5.02 Å². The molecule has 5 heteroatoms. The van der Waals surface area contributed by atoms with Gasteiger partial charge in [0, 0.05) is 23.6 Å². The standard InChI is InChI=1S/C8H7ClN2OS/c9-7-5-13-4-6(7)3-10-8-1-2-12-11-8/h1-2,4-5H,3H2,(H,10,11). The van der Waals surface area contributed by atoms with E-state index in [1.165, 1.54) is 6.26 Å². The van der Waals surface area contributed by atoms with Crippen molar-refractivity contribution < 1.29 is 4.52 Å². The molecule has 3 nitrogen and oxygen atoms in total. The van der Waals surface area contributed by atoms with E-state index in [9.17, 15) is 0 Å². The van der Waals surface area contributed by atoms with Gasteiger partial charge in [-0.15, -0.1) is 0 Å². The quantitative estimate of drug-likeness (QED) is 0.854. The van der Waals surface area contributed by atoms with E-state index in [-0.39, 0.29) is 0 Å². The highest BCUT2D eigenvalue weighted by Crippen LogP contribution is 2.21. The Labute approximate surface area is 84.3 Å². The van der Waals surface area contributed by atoms with E-state index in [1.807, 2.05) is 10.8 Å². The van der Waals surface area contributed by atoms with Gasteiger partial charge in [0.15, 0.2) is 5.82 Å². The summed E-state index contributed by atoms with van der Waals surface area (Å²) >= 11 is 7.49. The van der Waals surface area contributed by atoms with Crippen LogP contribution in [-0.4, -0.2) is 5.16 Å². The number of anilines is 1. The number of thiophene rings is 1. The summed E-state index contributed by atoms with van der Waals surface area (Å²) in [4.78, 5) is 0. The van der Waals surface area contributed by atoms with Crippen LogP contribution in [-0.2, 0) is 6.54 Å². The second-order valence-electron chi connectivity index (χ2n) is 2.48. The van der Waals surface area contributed by atoms with Gasteiger partial charge in [-0.3, -0.25) is 0 Å². The average Bonchev–Trinajstić information content (AvgIpc) is 2.72. The highest BCUT2D eigenvalue weighted by Gasteiger charge is 2.01. The van der Waals surface area contributed by atoms with Crippen LogP contribution in [0.1, 0.15) is 5.56 Å². The van der Waals surface area contributed by atoms with Crippen molar-refractivity contribution in [2.45, 2.75) is 6.54 Å². The zero-order chi connectivity index (χ0) is 9.10. The lowest BCUT2D eigenvalue weighted by molar-refractivity contribution is 0.422. The van der Waals surface area contributed by atoms with Crippen LogP contribution in [0.5, 0.6) is 0 Å². The summed E-state index contributed by atoms with van der Waals surface area (Å²) in [5.74, 6) is 0.724. The molecule has 2 rings (SSSR count). The lowest BCUT2D eigenvalue weighted by Gasteiger charge is -1.99. The molecule has 0 aliphatic heterocycles. The average molecular weight is 215 g/mol. The van der Waals surface area contributed by atoms with Crippen molar-refractivity contribution >= 4 is 28.8 Å². The number of rotatable bonds is 3. The van der Waals surface area contributed by atoms with Gasteiger partial charge in [-0.05, 0) is 5.38 Å². The van der Waals surface area contributed by atoms with Gasteiger partial charge in [0.25, 0.3) is 0 Å². The van der Waals surface area contributed by atoms with Crippen molar-refractivity contribution in [3.63, 3.8) is 0 Å². The summed E-state index contributed by atoms with van der Waals surface area (Å²) in [6.45, 7) is 0.675. The Hall–Kier alpha value is -1.00. The molecule has 0 bridgehead atoms. The first kappa shape index (κ1) is 8.59. The molecule has 68 valence electrons. The van der Waals surface area contributed by atoms with Crippen LogP contribution in [0.4, 0.5) is 5.82 Å². The Morgan fingerprint density at radius 1 is 1.54 bits per heavy atom. The lowest BCUT2D eigenvalue weighted by Crippen LogP contribution is -1.98. The maximum atomic E-state index is 5.91. The van der Waals surface area contributed by atoms with E-state index in [0.29, 0.717) is 6.54 Å². The summed E-state index contributed by atoms with van der Waals surface area (Å²) in [5.41, 5.74) is 1.08. The summed E-state index contributed by atoms with van der Waals surface area (Å²) < 4.78 is 4.67. The van der Waals surface area contributed by atoms with E-state index in [4.69, 9.17) is 11.6 Å². The van der Waals surface area contributed by atoms with Gasteiger partial charge in [0.1, 0.15) is 6.26 Å². The normalized spacial score (nSPS) is 10.2. The first-order chi connectivity index (χ1) is 6.36. The largest absolute Gasteiger partial charge is 0.363 e. The lowest BCUT2D eigenvalue weighted by atomic mass is 10.3. The molecular formula is C8H7ClN2OS. The molecule has 0 saturated heterocycles. The Morgan fingerprint density at radius 3 is 3.08 bits per heavy atom. The fourth-order valence-electron chi connectivity index (χ4n) is 0.923. The predicted octanol–water partition coefficient (Wildman–Crippen LogP) is 3.00.